The lowest BCUT2D eigenvalue weighted by Gasteiger charge is -2.04. The standard InChI is InChI=1S/C15H10F2N2OS/c16-9-1-3-12(11(17)7-9)19-15(20)14-6-8-5-10(18)2-4-13(8)21-14/h1-7H,18H2,(H,19,20). The van der Waals surface area contributed by atoms with Crippen molar-refractivity contribution in [3.05, 3.63) is 59.0 Å². The average molecular weight is 304 g/mol. The molecule has 2 aromatic carbocycles. The lowest BCUT2D eigenvalue weighted by molar-refractivity contribution is 0.103. The van der Waals surface area contributed by atoms with Crippen LogP contribution < -0.4 is 11.1 Å². The van der Waals surface area contributed by atoms with Gasteiger partial charge in [0.15, 0.2) is 0 Å². The topological polar surface area (TPSA) is 55.1 Å². The molecule has 0 aliphatic carbocycles. The van der Waals surface area contributed by atoms with Gasteiger partial charge in [0.2, 0.25) is 0 Å². The van der Waals surface area contributed by atoms with E-state index < -0.39 is 17.5 Å². The number of rotatable bonds is 2. The third kappa shape index (κ3) is 2.71. The van der Waals surface area contributed by atoms with E-state index in [1.54, 1.807) is 18.2 Å². The second-order valence-electron chi connectivity index (χ2n) is 4.49. The van der Waals surface area contributed by atoms with E-state index in [1.165, 1.54) is 17.4 Å². The monoisotopic (exact) mass is 304 g/mol. The number of anilines is 2. The molecule has 0 bridgehead atoms. The van der Waals surface area contributed by atoms with Crippen LogP contribution in [0.25, 0.3) is 10.1 Å². The highest BCUT2D eigenvalue weighted by atomic mass is 32.1. The molecule has 21 heavy (non-hydrogen) atoms. The molecule has 1 amide bonds. The van der Waals surface area contributed by atoms with E-state index >= 15 is 0 Å². The van der Waals surface area contributed by atoms with Crippen LogP contribution in [0.4, 0.5) is 20.2 Å². The minimum absolute atomic E-state index is 0.0571. The van der Waals surface area contributed by atoms with Crippen LogP contribution in [0.2, 0.25) is 0 Å². The van der Waals surface area contributed by atoms with Crippen molar-refractivity contribution < 1.29 is 13.6 Å². The predicted octanol–water partition coefficient (Wildman–Crippen LogP) is 4.01. The van der Waals surface area contributed by atoms with E-state index in [9.17, 15) is 13.6 Å². The Balaban J connectivity index is 1.89. The summed E-state index contributed by atoms with van der Waals surface area (Å²) in [5, 5.41) is 3.28. The maximum atomic E-state index is 13.5. The van der Waals surface area contributed by atoms with Crippen molar-refractivity contribution in [1.29, 1.82) is 0 Å². The second kappa shape index (κ2) is 5.14. The van der Waals surface area contributed by atoms with Crippen LogP contribution >= 0.6 is 11.3 Å². The molecule has 0 unspecified atom stereocenters. The molecule has 0 aliphatic rings. The first-order valence-electron chi connectivity index (χ1n) is 6.08. The van der Waals surface area contributed by atoms with E-state index in [0.717, 1.165) is 22.2 Å². The lowest BCUT2D eigenvalue weighted by atomic mass is 10.2. The largest absolute Gasteiger partial charge is 0.399 e. The summed E-state index contributed by atoms with van der Waals surface area (Å²) in [6.07, 6.45) is 0. The molecule has 106 valence electrons. The number of nitrogens with two attached hydrogens (primary N) is 1. The van der Waals surface area contributed by atoms with Crippen LogP contribution in [0.1, 0.15) is 9.67 Å². The minimum atomic E-state index is -0.811. The number of carbonyl (C=O) groups excluding carboxylic acids is 1. The smallest absolute Gasteiger partial charge is 0.265 e. The van der Waals surface area contributed by atoms with Crippen molar-refractivity contribution >= 4 is 38.7 Å². The second-order valence-corrected chi connectivity index (χ2v) is 5.57. The predicted molar refractivity (Wildman–Crippen MR) is 80.5 cm³/mol. The van der Waals surface area contributed by atoms with Gasteiger partial charge in [-0.05, 0) is 41.8 Å². The quantitative estimate of drug-likeness (QED) is 0.703. The van der Waals surface area contributed by atoms with Crippen molar-refractivity contribution in [3.63, 3.8) is 0 Å². The van der Waals surface area contributed by atoms with Crippen LogP contribution in [0, 0.1) is 11.6 Å². The zero-order valence-corrected chi connectivity index (χ0v) is 11.5. The first kappa shape index (κ1) is 13.5. The third-order valence-corrected chi connectivity index (χ3v) is 4.06. The van der Waals surface area contributed by atoms with Gasteiger partial charge in [-0.2, -0.15) is 0 Å². The van der Waals surface area contributed by atoms with Gasteiger partial charge >= 0.3 is 0 Å². The highest BCUT2D eigenvalue weighted by Crippen LogP contribution is 2.28. The maximum Gasteiger partial charge on any atom is 0.265 e. The molecule has 3 N–H and O–H groups in total. The number of benzene rings is 2. The number of fused-ring (bicyclic) bond motifs is 1. The number of nitrogen functional groups attached to an aromatic ring is 1. The molecule has 3 aromatic rings. The molecule has 0 aliphatic heterocycles. The number of nitrogens with one attached hydrogen (secondary N) is 1. The Morgan fingerprint density at radius 2 is 1.90 bits per heavy atom. The van der Waals surface area contributed by atoms with Crippen LogP contribution in [0.3, 0.4) is 0 Å². The SMILES string of the molecule is Nc1ccc2sc(C(=O)Nc3ccc(F)cc3F)cc2c1. The molecule has 3 rings (SSSR count). The molecule has 0 spiro atoms. The Kier molecular flexibility index (Phi) is 3.31. The first-order valence-corrected chi connectivity index (χ1v) is 6.90. The van der Waals surface area contributed by atoms with Crippen molar-refractivity contribution in [1.82, 2.24) is 0 Å². The van der Waals surface area contributed by atoms with Crippen LogP contribution in [-0.4, -0.2) is 5.91 Å². The first-order chi connectivity index (χ1) is 10.0. The van der Waals surface area contributed by atoms with Gasteiger partial charge in [0.1, 0.15) is 11.6 Å². The molecular formula is C15H10F2N2OS. The van der Waals surface area contributed by atoms with Gasteiger partial charge in [-0.15, -0.1) is 11.3 Å². The minimum Gasteiger partial charge on any atom is -0.399 e. The van der Waals surface area contributed by atoms with Gasteiger partial charge in [-0.1, -0.05) is 0 Å². The number of thiophene rings is 1. The van der Waals surface area contributed by atoms with Gasteiger partial charge < -0.3 is 11.1 Å². The summed E-state index contributed by atoms with van der Waals surface area (Å²) < 4.78 is 27.2. The molecule has 0 saturated carbocycles. The Morgan fingerprint density at radius 1 is 1.10 bits per heavy atom. The fourth-order valence-corrected chi connectivity index (χ4v) is 2.89. The van der Waals surface area contributed by atoms with E-state index in [2.05, 4.69) is 5.32 Å². The number of amides is 1. The summed E-state index contributed by atoms with van der Waals surface area (Å²) >= 11 is 1.28. The average Bonchev–Trinajstić information content (AvgIpc) is 2.85. The molecule has 6 heteroatoms. The fourth-order valence-electron chi connectivity index (χ4n) is 1.95. The van der Waals surface area contributed by atoms with E-state index in [1.807, 2.05) is 6.07 Å². The normalized spacial score (nSPS) is 10.8. The van der Waals surface area contributed by atoms with E-state index in [0.29, 0.717) is 10.6 Å². The van der Waals surface area contributed by atoms with Gasteiger partial charge in [-0.3, -0.25) is 4.79 Å². The van der Waals surface area contributed by atoms with Crippen LogP contribution in [0.5, 0.6) is 0 Å². The summed E-state index contributed by atoms with van der Waals surface area (Å²) in [5.41, 5.74) is 6.24. The Hall–Kier alpha value is -2.47. The summed E-state index contributed by atoms with van der Waals surface area (Å²) in [6, 6.07) is 10.0. The third-order valence-electron chi connectivity index (χ3n) is 2.94. The van der Waals surface area contributed by atoms with Crippen molar-refractivity contribution in [2.24, 2.45) is 0 Å². The highest BCUT2D eigenvalue weighted by Gasteiger charge is 2.13. The maximum absolute atomic E-state index is 13.5. The molecule has 3 nitrogen and oxygen atoms in total. The fraction of sp³-hybridized carbons (Fsp3) is 0. The molecule has 1 aromatic heterocycles. The van der Waals surface area contributed by atoms with Gasteiger partial charge in [-0.25, -0.2) is 8.78 Å². The van der Waals surface area contributed by atoms with Crippen LogP contribution in [0.15, 0.2) is 42.5 Å². The summed E-state index contributed by atoms with van der Waals surface area (Å²) in [4.78, 5) is 12.5. The zero-order valence-electron chi connectivity index (χ0n) is 10.7. The zero-order chi connectivity index (χ0) is 15.0. The molecule has 0 atom stereocenters. The van der Waals surface area contributed by atoms with Gasteiger partial charge in [0.05, 0.1) is 10.6 Å². The number of hydrogen-bond donors (Lipinski definition) is 2. The van der Waals surface area contributed by atoms with E-state index in [4.69, 9.17) is 5.73 Å². The van der Waals surface area contributed by atoms with Gasteiger partial charge in [0, 0.05) is 16.5 Å². The van der Waals surface area contributed by atoms with Crippen molar-refractivity contribution in [2.45, 2.75) is 0 Å². The molecule has 0 radical (unpaired) electrons. The summed E-state index contributed by atoms with van der Waals surface area (Å²) in [5.74, 6) is -1.95. The summed E-state index contributed by atoms with van der Waals surface area (Å²) in [6.45, 7) is 0. The van der Waals surface area contributed by atoms with Crippen LogP contribution in [-0.2, 0) is 0 Å². The number of halogens is 2. The Bertz CT molecular complexity index is 845. The van der Waals surface area contributed by atoms with Crippen molar-refractivity contribution in [2.75, 3.05) is 11.1 Å². The number of hydrogen-bond acceptors (Lipinski definition) is 3. The molecular weight excluding hydrogens is 294 g/mol. The Morgan fingerprint density at radius 3 is 2.67 bits per heavy atom. The molecule has 0 saturated heterocycles. The lowest BCUT2D eigenvalue weighted by Crippen LogP contribution is -2.11. The van der Waals surface area contributed by atoms with Crippen molar-refractivity contribution in [3.8, 4) is 0 Å². The number of carbonyl (C=O) groups is 1. The highest BCUT2D eigenvalue weighted by molar-refractivity contribution is 7.20. The molecule has 1 heterocycles. The van der Waals surface area contributed by atoms with E-state index in [-0.39, 0.29) is 5.69 Å². The molecule has 0 fully saturated rings. The Labute approximate surface area is 123 Å². The summed E-state index contributed by atoms with van der Waals surface area (Å²) in [7, 11) is 0. The van der Waals surface area contributed by atoms with Gasteiger partial charge in [0.25, 0.3) is 5.91 Å².